The fourth-order valence-corrected chi connectivity index (χ4v) is 3.81. The fourth-order valence-electron chi connectivity index (χ4n) is 3.69. The lowest BCUT2D eigenvalue weighted by molar-refractivity contribution is 0.391. The molecule has 3 N–H and O–H groups in total. The molecule has 0 spiro atoms. The van der Waals surface area contributed by atoms with Gasteiger partial charge in [-0.1, -0.05) is 23.7 Å². The summed E-state index contributed by atoms with van der Waals surface area (Å²) in [6.07, 6.45) is 7.98. The van der Waals surface area contributed by atoms with Crippen molar-refractivity contribution in [2.24, 2.45) is 5.73 Å². The predicted molar refractivity (Wildman–Crippen MR) is 101 cm³/mol. The minimum Gasteiger partial charge on any atom is -0.328 e. The lowest BCUT2D eigenvalue weighted by atomic mass is 9.82. The largest absolute Gasteiger partial charge is 0.328 e. The molecule has 0 saturated heterocycles. The van der Waals surface area contributed by atoms with Crippen LogP contribution in [0.2, 0.25) is 5.02 Å². The van der Waals surface area contributed by atoms with Crippen molar-refractivity contribution in [2.45, 2.75) is 37.6 Å². The molecule has 2 aromatic heterocycles. The molecule has 0 bridgehead atoms. The van der Waals surface area contributed by atoms with Crippen LogP contribution in [0.3, 0.4) is 0 Å². The normalized spacial score (nSPS) is 20.6. The second-order valence-electron chi connectivity index (χ2n) is 6.72. The van der Waals surface area contributed by atoms with Gasteiger partial charge in [0.2, 0.25) is 0 Å². The Balaban J connectivity index is 1.81. The lowest BCUT2D eigenvalue weighted by Gasteiger charge is -2.26. The first-order valence-corrected chi connectivity index (χ1v) is 9.10. The number of halogens is 1. The Hall–Kier alpha value is -2.17. The summed E-state index contributed by atoms with van der Waals surface area (Å²) >= 11 is 6.05. The molecule has 4 rings (SSSR count). The molecule has 5 heteroatoms. The van der Waals surface area contributed by atoms with Gasteiger partial charge in [0.1, 0.15) is 5.69 Å². The van der Waals surface area contributed by atoms with Crippen LogP contribution in [-0.4, -0.2) is 21.2 Å². The molecular weight excluding hydrogens is 332 g/mol. The summed E-state index contributed by atoms with van der Waals surface area (Å²) in [6.45, 7) is 0. The van der Waals surface area contributed by atoms with Crippen LogP contribution in [0.4, 0.5) is 0 Å². The van der Waals surface area contributed by atoms with Crippen LogP contribution in [0.1, 0.15) is 37.3 Å². The maximum atomic E-state index is 6.09. The SMILES string of the molecule is N[C@H]1CC[C@H](c2[nH]nc(-c3ccc(Cl)cc3)c2-c2ccncc2)CC1. The van der Waals surface area contributed by atoms with E-state index >= 15 is 0 Å². The summed E-state index contributed by atoms with van der Waals surface area (Å²) in [5.74, 6) is 0.469. The molecule has 1 aromatic carbocycles. The summed E-state index contributed by atoms with van der Waals surface area (Å²) in [4.78, 5) is 4.16. The number of rotatable bonds is 3. The Kier molecular flexibility index (Phi) is 4.55. The van der Waals surface area contributed by atoms with Crippen molar-refractivity contribution in [1.82, 2.24) is 15.2 Å². The van der Waals surface area contributed by atoms with Gasteiger partial charge in [0.15, 0.2) is 0 Å². The van der Waals surface area contributed by atoms with E-state index in [-0.39, 0.29) is 0 Å². The minimum absolute atomic E-state index is 0.333. The van der Waals surface area contributed by atoms with E-state index in [0.29, 0.717) is 12.0 Å². The smallest absolute Gasteiger partial charge is 0.100 e. The molecule has 3 aromatic rings. The van der Waals surface area contributed by atoms with Crippen molar-refractivity contribution in [2.75, 3.05) is 0 Å². The molecule has 0 aliphatic heterocycles. The Morgan fingerprint density at radius 3 is 2.28 bits per heavy atom. The van der Waals surface area contributed by atoms with E-state index in [4.69, 9.17) is 17.3 Å². The number of aromatic amines is 1. The second-order valence-corrected chi connectivity index (χ2v) is 7.15. The highest BCUT2D eigenvalue weighted by molar-refractivity contribution is 6.30. The zero-order chi connectivity index (χ0) is 17.2. The summed E-state index contributed by atoms with van der Waals surface area (Å²) < 4.78 is 0. The molecule has 1 aliphatic rings. The number of nitrogens with two attached hydrogens (primary N) is 1. The number of benzene rings is 1. The molecule has 2 heterocycles. The third-order valence-corrected chi connectivity index (χ3v) is 5.31. The van der Waals surface area contributed by atoms with E-state index in [1.165, 1.54) is 11.3 Å². The van der Waals surface area contributed by atoms with Gasteiger partial charge in [-0.05, 0) is 55.5 Å². The van der Waals surface area contributed by atoms with E-state index in [9.17, 15) is 0 Å². The minimum atomic E-state index is 0.333. The van der Waals surface area contributed by atoms with Crippen LogP contribution in [0.25, 0.3) is 22.4 Å². The predicted octanol–water partition coefficient (Wildman–Crippen LogP) is 4.78. The summed E-state index contributed by atoms with van der Waals surface area (Å²) in [6, 6.07) is 12.3. The number of aromatic nitrogens is 3. The number of H-pyrrole nitrogens is 1. The summed E-state index contributed by atoms with van der Waals surface area (Å²) in [5, 5.41) is 8.72. The highest BCUT2D eigenvalue weighted by atomic mass is 35.5. The molecule has 4 nitrogen and oxygen atoms in total. The topological polar surface area (TPSA) is 67.6 Å². The number of hydrogen-bond donors (Lipinski definition) is 2. The van der Waals surface area contributed by atoms with Crippen molar-refractivity contribution in [3.63, 3.8) is 0 Å². The van der Waals surface area contributed by atoms with E-state index < -0.39 is 0 Å². The number of pyridine rings is 1. The fraction of sp³-hybridized carbons (Fsp3) is 0.300. The molecule has 1 aliphatic carbocycles. The molecule has 0 unspecified atom stereocenters. The quantitative estimate of drug-likeness (QED) is 0.713. The first-order valence-electron chi connectivity index (χ1n) is 8.72. The van der Waals surface area contributed by atoms with Crippen molar-refractivity contribution in [3.8, 4) is 22.4 Å². The molecule has 0 atom stereocenters. The molecular formula is C20H21ClN4. The zero-order valence-corrected chi connectivity index (χ0v) is 14.7. The highest BCUT2D eigenvalue weighted by Gasteiger charge is 2.26. The Labute approximate surface area is 152 Å². The van der Waals surface area contributed by atoms with Gasteiger partial charge in [0.25, 0.3) is 0 Å². The molecule has 1 fully saturated rings. The van der Waals surface area contributed by atoms with Gasteiger partial charge in [0.05, 0.1) is 0 Å². The third kappa shape index (κ3) is 3.32. The Morgan fingerprint density at radius 2 is 1.60 bits per heavy atom. The Morgan fingerprint density at radius 1 is 0.920 bits per heavy atom. The van der Waals surface area contributed by atoms with E-state index in [1.54, 1.807) is 0 Å². The molecule has 1 saturated carbocycles. The Bertz CT molecular complexity index is 834. The maximum absolute atomic E-state index is 6.09. The number of hydrogen-bond acceptors (Lipinski definition) is 3. The monoisotopic (exact) mass is 352 g/mol. The van der Waals surface area contributed by atoms with Gasteiger partial charge < -0.3 is 5.73 Å². The molecule has 25 heavy (non-hydrogen) atoms. The van der Waals surface area contributed by atoms with Gasteiger partial charge in [-0.2, -0.15) is 5.10 Å². The second kappa shape index (κ2) is 6.98. The third-order valence-electron chi connectivity index (χ3n) is 5.06. The van der Waals surface area contributed by atoms with Crippen LogP contribution in [-0.2, 0) is 0 Å². The highest BCUT2D eigenvalue weighted by Crippen LogP contribution is 2.41. The van der Waals surface area contributed by atoms with Crippen molar-refractivity contribution in [3.05, 3.63) is 59.5 Å². The van der Waals surface area contributed by atoms with Gasteiger partial charge >= 0.3 is 0 Å². The van der Waals surface area contributed by atoms with Crippen LogP contribution < -0.4 is 5.73 Å². The van der Waals surface area contributed by atoms with Gasteiger partial charge in [-0.3, -0.25) is 10.1 Å². The zero-order valence-electron chi connectivity index (χ0n) is 14.0. The first-order chi connectivity index (χ1) is 12.2. The maximum Gasteiger partial charge on any atom is 0.100 e. The van der Waals surface area contributed by atoms with Crippen LogP contribution >= 0.6 is 11.6 Å². The first kappa shape index (κ1) is 16.3. The average molecular weight is 353 g/mol. The van der Waals surface area contributed by atoms with Crippen molar-refractivity contribution >= 4 is 11.6 Å². The lowest BCUT2D eigenvalue weighted by Crippen LogP contribution is -2.26. The standard InChI is InChI=1S/C20H21ClN4/c21-16-5-1-14(2-6-16)19-18(13-9-11-23-12-10-13)20(25-24-19)15-3-7-17(22)8-4-15/h1-2,5-6,9-12,15,17H,3-4,7-8,22H2,(H,24,25)/t15-,17-. The number of nitrogens with one attached hydrogen (secondary N) is 1. The number of nitrogens with zero attached hydrogens (tertiary/aromatic N) is 2. The summed E-state index contributed by atoms with van der Waals surface area (Å²) in [5.41, 5.74) is 11.6. The van der Waals surface area contributed by atoms with Crippen LogP contribution in [0, 0.1) is 0 Å². The molecule has 128 valence electrons. The van der Waals surface area contributed by atoms with E-state index in [0.717, 1.165) is 47.5 Å². The van der Waals surface area contributed by atoms with Gasteiger partial charge in [0, 0.05) is 46.2 Å². The molecule has 0 radical (unpaired) electrons. The van der Waals surface area contributed by atoms with Crippen molar-refractivity contribution in [1.29, 1.82) is 0 Å². The molecule has 0 amide bonds. The van der Waals surface area contributed by atoms with Gasteiger partial charge in [-0.25, -0.2) is 0 Å². The summed E-state index contributed by atoms with van der Waals surface area (Å²) in [7, 11) is 0. The van der Waals surface area contributed by atoms with E-state index in [2.05, 4.69) is 15.2 Å². The van der Waals surface area contributed by atoms with Gasteiger partial charge in [-0.15, -0.1) is 0 Å². The van der Waals surface area contributed by atoms with E-state index in [1.807, 2.05) is 48.8 Å². The van der Waals surface area contributed by atoms with Crippen molar-refractivity contribution < 1.29 is 0 Å². The average Bonchev–Trinajstić information content (AvgIpc) is 3.09. The van der Waals surface area contributed by atoms with Crippen LogP contribution in [0.5, 0.6) is 0 Å². The van der Waals surface area contributed by atoms with Crippen LogP contribution in [0.15, 0.2) is 48.8 Å².